The second kappa shape index (κ2) is 11.0. The van der Waals surface area contributed by atoms with Gasteiger partial charge >= 0.3 is 11.9 Å². The van der Waals surface area contributed by atoms with Gasteiger partial charge in [0.05, 0.1) is 12.6 Å². The van der Waals surface area contributed by atoms with Crippen molar-refractivity contribution in [1.82, 2.24) is 4.90 Å². The number of carboxylic acids is 2. The molecule has 26 heavy (non-hydrogen) atoms. The van der Waals surface area contributed by atoms with Gasteiger partial charge in [-0.05, 0) is 38.5 Å². The van der Waals surface area contributed by atoms with Crippen molar-refractivity contribution >= 4 is 18.0 Å². The molecule has 2 saturated carbocycles. The van der Waals surface area contributed by atoms with E-state index in [0.29, 0.717) is 12.1 Å². The molecule has 2 aliphatic carbocycles. The van der Waals surface area contributed by atoms with Crippen molar-refractivity contribution in [3.05, 3.63) is 0 Å². The molecule has 3 fully saturated rings. The number of carboxylic acid groups (broad SMARTS) is 2. The minimum Gasteiger partial charge on any atom is -0.473 e. The Morgan fingerprint density at radius 2 is 1.42 bits per heavy atom. The van der Waals surface area contributed by atoms with Gasteiger partial charge in [-0.25, -0.2) is 14.6 Å². The summed E-state index contributed by atoms with van der Waals surface area (Å²) < 4.78 is 6.05. The Kier molecular flexibility index (Phi) is 8.71. The van der Waals surface area contributed by atoms with Crippen molar-refractivity contribution in [3.8, 4) is 0 Å². The third kappa shape index (κ3) is 6.84. The highest BCUT2D eigenvalue weighted by Gasteiger charge is 2.27. The molecular formula is C19H32N2O5. The van der Waals surface area contributed by atoms with Crippen LogP contribution in [0.3, 0.4) is 0 Å². The molecule has 3 rings (SSSR count). The molecule has 3 aliphatic rings. The zero-order valence-corrected chi connectivity index (χ0v) is 15.6. The minimum absolute atomic E-state index is 0.531. The van der Waals surface area contributed by atoms with E-state index in [9.17, 15) is 0 Å². The molecule has 2 N–H and O–H groups in total. The molecule has 148 valence electrons. The predicted molar refractivity (Wildman–Crippen MR) is 98.3 cm³/mol. The summed E-state index contributed by atoms with van der Waals surface area (Å²) in [6.45, 7) is 2.03. The first-order valence-electron chi connectivity index (χ1n) is 10.0. The molecular weight excluding hydrogens is 336 g/mol. The number of aliphatic imine (C=N–C) groups is 1. The zero-order chi connectivity index (χ0) is 18.8. The smallest absolute Gasteiger partial charge is 0.414 e. The van der Waals surface area contributed by atoms with Gasteiger partial charge in [0.25, 0.3) is 6.02 Å². The summed E-state index contributed by atoms with van der Waals surface area (Å²) in [7, 11) is 0. The molecule has 0 spiro atoms. The Morgan fingerprint density at radius 1 is 0.846 bits per heavy atom. The number of nitrogens with zero attached hydrogens (tertiary/aromatic N) is 2. The van der Waals surface area contributed by atoms with Crippen LogP contribution in [0.5, 0.6) is 0 Å². The first-order valence-corrected chi connectivity index (χ1v) is 10.0. The summed E-state index contributed by atoms with van der Waals surface area (Å²) in [5.41, 5.74) is 0. The van der Waals surface area contributed by atoms with Gasteiger partial charge in [0.15, 0.2) is 0 Å². The van der Waals surface area contributed by atoms with Crippen molar-refractivity contribution in [2.24, 2.45) is 4.99 Å². The molecule has 0 unspecified atom stereocenters. The molecule has 0 aromatic rings. The second-order valence-corrected chi connectivity index (χ2v) is 7.35. The minimum atomic E-state index is -1.82. The maximum Gasteiger partial charge on any atom is 0.414 e. The Labute approximate surface area is 155 Å². The first kappa shape index (κ1) is 20.5. The van der Waals surface area contributed by atoms with E-state index in [1.807, 2.05) is 0 Å². The highest BCUT2D eigenvalue weighted by Crippen LogP contribution is 2.26. The van der Waals surface area contributed by atoms with Crippen LogP contribution in [0, 0.1) is 0 Å². The van der Waals surface area contributed by atoms with Crippen molar-refractivity contribution in [2.45, 2.75) is 89.1 Å². The standard InChI is InChI=1S/C17H30N2O.C2H2O4/c1-3-9-15(10-4-1)18-17-19(13-7-8-14-20-17)16-11-5-2-6-12-16;3-1(4)2(5)6/h15-16H,1-14H2;(H,3,4)(H,5,6)/b18-17-;. The van der Waals surface area contributed by atoms with E-state index in [1.165, 1.54) is 77.0 Å². The number of rotatable bonds is 2. The predicted octanol–water partition coefficient (Wildman–Crippen LogP) is 3.28. The molecule has 0 bridgehead atoms. The van der Waals surface area contributed by atoms with Gasteiger partial charge in [0, 0.05) is 12.6 Å². The second-order valence-electron chi connectivity index (χ2n) is 7.35. The van der Waals surface area contributed by atoms with E-state index in [2.05, 4.69) is 4.90 Å². The highest BCUT2D eigenvalue weighted by molar-refractivity contribution is 6.27. The fourth-order valence-corrected chi connectivity index (χ4v) is 3.94. The van der Waals surface area contributed by atoms with E-state index >= 15 is 0 Å². The van der Waals surface area contributed by atoms with Crippen LogP contribution in [0.1, 0.15) is 77.0 Å². The summed E-state index contributed by atoms with van der Waals surface area (Å²) in [4.78, 5) is 25.8. The average Bonchev–Trinajstić information content (AvgIpc) is 2.89. The number of hydrogen-bond acceptors (Lipinski definition) is 4. The topological polar surface area (TPSA) is 99.4 Å². The van der Waals surface area contributed by atoms with Gasteiger partial charge in [-0.1, -0.05) is 38.5 Å². The van der Waals surface area contributed by atoms with Crippen molar-refractivity contribution in [2.75, 3.05) is 13.2 Å². The van der Waals surface area contributed by atoms with Gasteiger partial charge in [0.2, 0.25) is 0 Å². The van der Waals surface area contributed by atoms with Gasteiger partial charge in [-0.3, -0.25) is 0 Å². The van der Waals surface area contributed by atoms with E-state index in [0.717, 1.165) is 19.2 Å². The SMILES string of the molecule is C1CCC(/N=C2\OCCCCN2C2CCCCC2)CC1.O=C(O)C(=O)O. The molecule has 1 saturated heterocycles. The van der Waals surface area contributed by atoms with Gasteiger partial charge in [0.1, 0.15) is 0 Å². The summed E-state index contributed by atoms with van der Waals surface area (Å²) in [5, 5.41) is 14.8. The average molecular weight is 368 g/mol. The normalized spacial score (nSPS) is 24.2. The Bertz CT molecular complexity index is 470. The van der Waals surface area contributed by atoms with Crippen LogP contribution < -0.4 is 0 Å². The fraction of sp³-hybridized carbons (Fsp3) is 0.842. The van der Waals surface area contributed by atoms with Crippen LogP contribution in [-0.2, 0) is 14.3 Å². The number of aliphatic carboxylic acids is 2. The van der Waals surface area contributed by atoms with Crippen molar-refractivity contribution < 1.29 is 24.5 Å². The molecule has 0 amide bonds. The number of hydrogen-bond donors (Lipinski definition) is 2. The first-order chi connectivity index (χ1) is 12.6. The summed E-state index contributed by atoms with van der Waals surface area (Å²) >= 11 is 0. The number of carbonyl (C=O) groups is 2. The van der Waals surface area contributed by atoms with Gasteiger partial charge in [-0.15, -0.1) is 0 Å². The maximum absolute atomic E-state index is 9.10. The fourth-order valence-electron chi connectivity index (χ4n) is 3.94. The van der Waals surface area contributed by atoms with Crippen LogP contribution in [0.15, 0.2) is 4.99 Å². The van der Waals surface area contributed by atoms with Crippen LogP contribution in [0.4, 0.5) is 0 Å². The number of ether oxygens (including phenoxy) is 1. The van der Waals surface area contributed by atoms with Crippen molar-refractivity contribution in [1.29, 1.82) is 0 Å². The summed E-state index contributed by atoms with van der Waals surface area (Å²) in [5.74, 6) is -3.65. The lowest BCUT2D eigenvalue weighted by Crippen LogP contribution is -2.42. The molecule has 0 aromatic heterocycles. The highest BCUT2D eigenvalue weighted by atomic mass is 16.5. The molecule has 7 heteroatoms. The van der Waals surface area contributed by atoms with Crippen LogP contribution >= 0.6 is 0 Å². The molecule has 1 aliphatic heterocycles. The van der Waals surface area contributed by atoms with E-state index < -0.39 is 11.9 Å². The van der Waals surface area contributed by atoms with Crippen LogP contribution in [0.2, 0.25) is 0 Å². The van der Waals surface area contributed by atoms with E-state index in [1.54, 1.807) is 0 Å². The summed E-state index contributed by atoms with van der Waals surface area (Å²) in [6, 6.07) is 2.23. The monoisotopic (exact) mass is 368 g/mol. The lowest BCUT2D eigenvalue weighted by Gasteiger charge is -2.35. The van der Waals surface area contributed by atoms with Crippen molar-refractivity contribution in [3.63, 3.8) is 0 Å². The van der Waals surface area contributed by atoms with Gasteiger partial charge < -0.3 is 19.8 Å². The molecule has 7 nitrogen and oxygen atoms in total. The summed E-state index contributed by atoms with van der Waals surface area (Å²) in [6.07, 6.45) is 16.0. The largest absolute Gasteiger partial charge is 0.473 e. The third-order valence-electron chi connectivity index (χ3n) is 5.34. The lowest BCUT2D eigenvalue weighted by atomic mass is 9.94. The Balaban J connectivity index is 0.000000352. The van der Waals surface area contributed by atoms with E-state index in [-0.39, 0.29) is 0 Å². The molecule has 0 aromatic carbocycles. The van der Waals surface area contributed by atoms with Crippen LogP contribution in [0.25, 0.3) is 0 Å². The lowest BCUT2D eigenvalue weighted by molar-refractivity contribution is -0.159. The Hall–Kier alpha value is -1.79. The third-order valence-corrected chi connectivity index (χ3v) is 5.34. The van der Waals surface area contributed by atoms with E-state index in [4.69, 9.17) is 29.5 Å². The van der Waals surface area contributed by atoms with Crippen LogP contribution in [-0.4, -0.2) is 58.3 Å². The molecule has 1 heterocycles. The Morgan fingerprint density at radius 3 is 2.00 bits per heavy atom. The molecule has 0 radical (unpaired) electrons. The molecule has 0 atom stereocenters. The number of amidine groups is 1. The van der Waals surface area contributed by atoms with Gasteiger partial charge in [-0.2, -0.15) is 0 Å². The maximum atomic E-state index is 9.10. The zero-order valence-electron chi connectivity index (χ0n) is 15.6. The quantitative estimate of drug-likeness (QED) is 0.726.